The van der Waals surface area contributed by atoms with Gasteiger partial charge in [-0.15, -0.1) is 0 Å². The predicted octanol–water partition coefficient (Wildman–Crippen LogP) is 6.29. The van der Waals surface area contributed by atoms with Crippen LogP contribution < -0.4 is 0 Å². The second kappa shape index (κ2) is 22.4. The summed E-state index contributed by atoms with van der Waals surface area (Å²) in [5, 5.41) is 24.7. The Morgan fingerprint density at radius 3 is 1.35 bits per heavy atom. The smallest absolute Gasteiger partial charge is 0.303 e. The van der Waals surface area contributed by atoms with Crippen LogP contribution in [0.15, 0.2) is 0 Å². The molecule has 0 spiro atoms. The lowest BCUT2D eigenvalue weighted by Crippen LogP contribution is -2.01. The molecule has 0 aromatic rings. The lowest BCUT2D eigenvalue weighted by Gasteiger charge is -2.04. The number of carbonyl (C=O) groups is 1. The highest BCUT2D eigenvalue weighted by Crippen LogP contribution is 2.14. The number of aliphatic hydroxyl groups excluding tert-OH is 1. The molecule has 158 valence electrons. The highest BCUT2D eigenvalue weighted by atomic mass is 16.5. The predicted molar refractivity (Wildman–Crippen MR) is 110 cm³/mol. The summed E-state index contributed by atoms with van der Waals surface area (Å²) < 4.78 is 0. The maximum absolute atomic E-state index is 10.3. The Morgan fingerprint density at radius 2 is 1.08 bits per heavy atom. The first kappa shape index (κ1) is 27.6. The van der Waals surface area contributed by atoms with Gasteiger partial charge in [0.15, 0.2) is 6.29 Å². The van der Waals surface area contributed by atoms with Crippen molar-refractivity contribution < 1.29 is 20.1 Å². The molecule has 0 aliphatic rings. The number of aliphatic carboxylic acids is 1. The van der Waals surface area contributed by atoms with Crippen LogP contribution in [0.3, 0.4) is 0 Å². The third-order valence-corrected chi connectivity index (χ3v) is 4.47. The molecule has 0 bridgehead atoms. The zero-order valence-electron chi connectivity index (χ0n) is 17.7. The zero-order chi connectivity index (χ0) is 20.0. The third-order valence-electron chi connectivity index (χ3n) is 4.47. The van der Waals surface area contributed by atoms with Gasteiger partial charge in [-0.25, -0.2) is 0 Å². The molecule has 0 fully saturated rings. The Balaban J connectivity index is 0. The quantitative estimate of drug-likeness (QED) is 0.207. The average Bonchev–Trinajstić information content (AvgIpc) is 2.55. The molecular weight excluding hydrogens is 328 g/mol. The molecular formula is C22H46O4. The summed E-state index contributed by atoms with van der Waals surface area (Å²) in [5.74, 6) is 0.212. The van der Waals surface area contributed by atoms with Crippen LogP contribution in [0.25, 0.3) is 0 Å². The fraction of sp³-hybridized carbons (Fsp3) is 0.955. The van der Waals surface area contributed by atoms with Gasteiger partial charge in [0.05, 0.1) is 0 Å². The van der Waals surface area contributed by atoms with Crippen molar-refractivity contribution in [1.29, 1.82) is 0 Å². The summed E-state index contributed by atoms with van der Waals surface area (Å²) in [7, 11) is 0. The van der Waals surface area contributed by atoms with Crippen LogP contribution in [0.5, 0.6) is 0 Å². The first-order valence-corrected chi connectivity index (χ1v) is 11.0. The van der Waals surface area contributed by atoms with E-state index in [1.807, 2.05) is 6.92 Å². The molecule has 0 aliphatic heterocycles. The molecule has 4 heteroatoms. The average molecular weight is 375 g/mol. The van der Waals surface area contributed by atoms with E-state index in [0.717, 1.165) is 25.2 Å². The summed E-state index contributed by atoms with van der Waals surface area (Å²) in [4.78, 5) is 10.3. The van der Waals surface area contributed by atoms with E-state index < -0.39 is 12.3 Å². The third kappa shape index (κ3) is 31.2. The maximum Gasteiger partial charge on any atom is 0.303 e. The molecule has 0 aromatic heterocycles. The summed E-state index contributed by atoms with van der Waals surface area (Å²) in [5.41, 5.74) is 0. The standard InChI is InChI=1S/C18H36O2.C4H10O2/c1-17(2)15-13-11-9-7-5-3-4-6-8-10-12-14-16-18(19)20;1-2-3-4(5)6/h17H,3-16H2,1-2H3,(H,19,20);4-6H,2-3H2,1H3. The summed E-state index contributed by atoms with van der Waals surface area (Å²) in [6.45, 7) is 6.52. The van der Waals surface area contributed by atoms with Gasteiger partial charge in [0.2, 0.25) is 0 Å². The van der Waals surface area contributed by atoms with Crippen molar-refractivity contribution in [2.24, 2.45) is 5.92 Å². The van der Waals surface area contributed by atoms with Gasteiger partial charge in [-0.2, -0.15) is 0 Å². The van der Waals surface area contributed by atoms with Gasteiger partial charge in [-0.3, -0.25) is 4.79 Å². The minimum Gasteiger partial charge on any atom is -0.481 e. The van der Waals surface area contributed by atoms with E-state index in [0.29, 0.717) is 12.8 Å². The van der Waals surface area contributed by atoms with Crippen LogP contribution in [0.2, 0.25) is 0 Å². The largest absolute Gasteiger partial charge is 0.481 e. The fourth-order valence-corrected chi connectivity index (χ4v) is 2.85. The SMILES string of the molecule is CC(C)CCCCCCCCCCCCCCC(=O)O.CCCC(O)O. The Kier molecular flexibility index (Phi) is 23.8. The Bertz CT molecular complexity index is 277. The van der Waals surface area contributed by atoms with Crippen LogP contribution in [-0.4, -0.2) is 27.6 Å². The van der Waals surface area contributed by atoms with Crippen LogP contribution in [0, 0.1) is 5.92 Å². The highest BCUT2D eigenvalue weighted by Gasteiger charge is 1.97. The Hall–Kier alpha value is -0.610. The van der Waals surface area contributed by atoms with Crippen molar-refractivity contribution in [3.63, 3.8) is 0 Å². The number of carboxylic acids is 1. The van der Waals surface area contributed by atoms with E-state index in [9.17, 15) is 4.79 Å². The molecule has 0 amide bonds. The van der Waals surface area contributed by atoms with Crippen molar-refractivity contribution in [1.82, 2.24) is 0 Å². The van der Waals surface area contributed by atoms with Crippen molar-refractivity contribution in [2.45, 2.75) is 130 Å². The fourth-order valence-electron chi connectivity index (χ4n) is 2.85. The molecule has 0 aromatic carbocycles. The van der Waals surface area contributed by atoms with Gasteiger partial charge >= 0.3 is 5.97 Å². The molecule has 0 saturated heterocycles. The maximum atomic E-state index is 10.3. The minimum absolute atomic E-state index is 0.344. The second-order valence-electron chi connectivity index (χ2n) is 7.84. The number of hydrogen-bond donors (Lipinski definition) is 3. The van der Waals surface area contributed by atoms with Crippen LogP contribution in [-0.2, 0) is 4.79 Å². The molecule has 3 N–H and O–H groups in total. The second-order valence-corrected chi connectivity index (χ2v) is 7.84. The topological polar surface area (TPSA) is 77.8 Å². The molecule has 0 heterocycles. The molecule has 0 radical (unpaired) electrons. The molecule has 0 rings (SSSR count). The normalized spacial score (nSPS) is 10.9. The molecule has 4 nitrogen and oxygen atoms in total. The van der Waals surface area contributed by atoms with Gasteiger partial charge in [-0.1, -0.05) is 104 Å². The van der Waals surface area contributed by atoms with Gasteiger partial charge in [0.25, 0.3) is 0 Å². The first-order valence-electron chi connectivity index (χ1n) is 11.0. The zero-order valence-corrected chi connectivity index (χ0v) is 17.7. The highest BCUT2D eigenvalue weighted by molar-refractivity contribution is 5.66. The molecule has 0 aliphatic carbocycles. The van der Waals surface area contributed by atoms with E-state index in [4.69, 9.17) is 15.3 Å². The van der Waals surface area contributed by atoms with Crippen molar-refractivity contribution in [3.8, 4) is 0 Å². The first-order chi connectivity index (χ1) is 12.4. The van der Waals surface area contributed by atoms with Crippen molar-refractivity contribution in [3.05, 3.63) is 0 Å². The molecule has 0 unspecified atom stereocenters. The number of hydrogen-bond acceptors (Lipinski definition) is 3. The van der Waals surface area contributed by atoms with Crippen LogP contribution in [0.1, 0.15) is 124 Å². The minimum atomic E-state index is -1.10. The van der Waals surface area contributed by atoms with E-state index in [-0.39, 0.29) is 0 Å². The Morgan fingerprint density at radius 1 is 0.692 bits per heavy atom. The number of aliphatic hydroxyl groups is 2. The van der Waals surface area contributed by atoms with Crippen molar-refractivity contribution >= 4 is 5.97 Å². The van der Waals surface area contributed by atoms with Crippen LogP contribution in [0.4, 0.5) is 0 Å². The summed E-state index contributed by atoms with van der Waals surface area (Å²) in [6, 6.07) is 0. The Labute approximate surface area is 162 Å². The van der Waals surface area contributed by atoms with Gasteiger partial charge in [0.1, 0.15) is 0 Å². The summed E-state index contributed by atoms with van der Waals surface area (Å²) in [6.07, 6.45) is 17.5. The molecule has 26 heavy (non-hydrogen) atoms. The summed E-state index contributed by atoms with van der Waals surface area (Å²) >= 11 is 0. The van der Waals surface area contributed by atoms with E-state index in [2.05, 4.69) is 13.8 Å². The molecule has 0 atom stereocenters. The lowest BCUT2D eigenvalue weighted by atomic mass is 10.0. The van der Waals surface area contributed by atoms with Gasteiger partial charge in [0, 0.05) is 6.42 Å². The monoisotopic (exact) mass is 374 g/mol. The van der Waals surface area contributed by atoms with E-state index in [1.165, 1.54) is 70.6 Å². The van der Waals surface area contributed by atoms with E-state index >= 15 is 0 Å². The van der Waals surface area contributed by atoms with Gasteiger partial charge in [-0.05, 0) is 18.8 Å². The van der Waals surface area contributed by atoms with Crippen LogP contribution >= 0.6 is 0 Å². The number of rotatable bonds is 17. The number of unbranched alkanes of at least 4 members (excludes halogenated alkanes) is 11. The lowest BCUT2D eigenvalue weighted by molar-refractivity contribution is -0.137. The van der Waals surface area contributed by atoms with Crippen molar-refractivity contribution in [2.75, 3.05) is 0 Å². The molecule has 0 saturated carbocycles. The number of carboxylic acid groups (broad SMARTS) is 1. The van der Waals surface area contributed by atoms with E-state index in [1.54, 1.807) is 0 Å². The van der Waals surface area contributed by atoms with Gasteiger partial charge < -0.3 is 15.3 Å².